The SMILES string of the molecule is CC(=O)N1CCC[C@]2(C)C3CC[C@]4(C)C(c5cccnc5)=CC[C@H]4[C@@H]3CCC12. The number of fused-ring (bicyclic) bond motifs is 5. The average molecular weight is 379 g/mol. The molecule has 0 radical (unpaired) electrons. The molecule has 3 heteroatoms. The number of pyridine rings is 1. The van der Waals surface area contributed by atoms with E-state index in [1.165, 1.54) is 50.5 Å². The summed E-state index contributed by atoms with van der Waals surface area (Å²) in [6, 6.07) is 4.78. The standard InChI is InChI=1S/C25H34N2O/c1-17(28)27-15-5-12-25(3)22-11-13-24(2)20(18-6-4-14-26-16-18)8-9-21(24)19(22)7-10-23(25)27/h4,6,8,14,16,19,21-23H,5,7,9-13,15H2,1-3H3/t19-,21-,22?,23?,24+,25+/m0/s1. The number of nitrogens with zero attached hydrogens (tertiary/aromatic N) is 2. The van der Waals surface area contributed by atoms with Crippen LogP contribution in [0, 0.1) is 28.6 Å². The number of hydrogen-bond acceptors (Lipinski definition) is 2. The van der Waals surface area contributed by atoms with Gasteiger partial charge in [0.15, 0.2) is 0 Å². The molecule has 2 unspecified atom stereocenters. The van der Waals surface area contributed by atoms with E-state index < -0.39 is 0 Å². The van der Waals surface area contributed by atoms with Gasteiger partial charge in [-0.3, -0.25) is 9.78 Å². The third kappa shape index (κ3) is 2.47. The first kappa shape index (κ1) is 18.4. The molecule has 2 saturated carbocycles. The molecule has 1 aromatic heterocycles. The number of allylic oxidation sites excluding steroid dienone is 2. The van der Waals surface area contributed by atoms with Gasteiger partial charge in [0.25, 0.3) is 0 Å². The number of carbonyl (C=O) groups excluding carboxylic acids is 1. The van der Waals surface area contributed by atoms with Crippen LogP contribution < -0.4 is 0 Å². The summed E-state index contributed by atoms with van der Waals surface area (Å²) in [7, 11) is 0. The zero-order valence-corrected chi connectivity index (χ0v) is 17.7. The highest BCUT2D eigenvalue weighted by Crippen LogP contribution is 2.66. The smallest absolute Gasteiger partial charge is 0.219 e. The van der Waals surface area contributed by atoms with Crippen LogP contribution in [-0.2, 0) is 4.79 Å². The summed E-state index contributed by atoms with van der Waals surface area (Å²) >= 11 is 0. The number of likely N-dealkylation sites (tertiary alicyclic amines) is 1. The lowest BCUT2D eigenvalue weighted by atomic mass is 9.46. The van der Waals surface area contributed by atoms with Crippen molar-refractivity contribution < 1.29 is 4.79 Å². The summed E-state index contributed by atoms with van der Waals surface area (Å²) in [6.07, 6.45) is 15.2. The fourth-order valence-corrected chi connectivity index (χ4v) is 8.00. The zero-order chi connectivity index (χ0) is 19.5. The molecule has 0 bridgehead atoms. The van der Waals surface area contributed by atoms with E-state index in [-0.39, 0.29) is 5.91 Å². The van der Waals surface area contributed by atoms with E-state index in [9.17, 15) is 4.79 Å². The van der Waals surface area contributed by atoms with Crippen LogP contribution in [0.5, 0.6) is 0 Å². The van der Waals surface area contributed by atoms with Gasteiger partial charge in [-0.2, -0.15) is 0 Å². The van der Waals surface area contributed by atoms with Gasteiger partial charge in [-0.05, 0) is 90.7 Å². The predicted molar refractivity (Wildman–Crippen MR) is 112 cm³/mol. The molecule has 0 spiro atoms. The molecule has 0 aromatic carbocycles. The second kappa shape index (κ2) is 6.43. The maximum atomic E-state index is 12.3. The molecule has 1 aromatic rings. The molecule has 28 heavy (non-hydrogen) atoms. The van der Waals surface area contributed by atoms with Crippen molar-refractivity contribution in [3.05, 3.63) is 36.2 Å². The molecular weight excluding hydrogens is 344 g/mol. The maximum Gasteiger partial charge on any atom is 0.219 e. The van der Waals surface area contributed by atoms with Gasteiger partial charge in [0.05, 0.1) is 0 Å². The van der Waals surface area contributed by atoms with E-state index in [2.05, 4.69) is 48.1 Å². The van der Waals surface area contributed by atoms with E-state index in [1.807, 2.05) is 6.20 Å². The van der Waals surface area contributed by atoms with Gasteiger partial charge < -0.3 is 4.90 Å². The van der Waals surface area contributed by atoms with Gasteiger partial charge in [0.1, 0.15) is 0 Å². The fraction of sp³-hybridized carbons (Fsp3) is 0.680. The summed E-state index contributed by atoms with van der Waals surface area (Å²) in [5.41, 5.74) is 3.48. The average Bonchev–Trinajstić information content (AvgIpc) is 3.04. The van der Waals surface area contributed by atoms with Crippen molar-refractivity contribution in [2.24, 2.45) is 28.6 Å². The van der Waals surface area contributed by atoms with Crippen LogP contribution >= 0.6 is 0 Å². The maximum absolute atomic E-state index is 12.3. The minimum absolute atomic E-state index is 0.288. The Kier molecular flexibility index (Phi) is 4.23. The Morgan fingerprint density at radius 2 is 2.04 bits per heavy atom. The molecule has 6 atom stereocenters. The zero-order valence-electron chi connectivity index (χ0n) is 17.7. The molecule has 3 fully saturated rings. The van der Waals surface area contributed by atoms with Crippen molar-refractivity contribution in [1.82, 2.24) is 9.88 Å². The van der Waals surface area contributed by atoms with Crippen LogP contribution in [0.15, 0.2) is 30.6 Å². The highest BCUT2D eigenvalue weighted by Gasteiger charge is 2.59. The normalized spacial score (nSPS) is 42.2. The van der Waals surface area contributed by atoms with Crippen molar-refractivity contribution >= 4 is 11.5 Å². The Labute approximate surface area is 169 Å². The third-order valence-corrected chi connectivity index (χ3v) is 9.27. The summed E-state index contributed by atoms with van der Waals surface area (Å²) in [6.45, 7) is 7.80. The number of amides is 1. The Bertz CT molecular complexity index is 802. The highest BCUT2D eigenvalue weighted by atomic mass is 16.2. The second-order valence-electron chi connectivity index (χ2n) is 10.3. The molecule has 0 N–H and O–H groups in total. The lowest BCUT2D eigenvalue weighted by Crippen LogP contribution is -2.61. The monoisotopic (exact) mass is 378 g/mol. The number of hydrogen-bond donors (Lipinski definition) is 0. The van der Waals surface area contributed by atoms with Gasteiger partial charge in [-0.1, -0.05) is 26.0 Å². The van der Waals surface area contributed by atoms with Gasteiger partial charge in [-0.15, -0.1) is 0 Å². The van der Waals surface area contributed by atoms with Crippen LogP contribution in [0.1, 0.15) is 71.3 Å². The molecule has 1 amide bonds. The van der Waals surface area contributed by atoms with Gasteiger partial charge in [-0.25, -0.2) is 0 Å². The Balaban J connectivity index is 1.45. The number of carbonyl (C=O) groups is 1. The number of rotatable bonds is 1. The van der Waals surface area contributed by atoms with Crippen LogP contribution in [-0.4, -0.2) is 28.4 Å². The van der Waals surface area contributed by atoms with Crippen LogP contribution in [0.2, 0.25) is 0 Å². The first-order valence-electron chi connectivity index (χ1n) is 11.3. The Morgan fingerprint density at radius 1 is 1.18 bits per heavy atom. The second-order valence-corrected chi connectivity index (χ2v) is 10.3. The molecule has 150 valence electrons. The summed E-state index contributed by atoms with van der Waals surface area (Å²) in [5.74, 6) is 2.62. The van der Waals surface area contributed by atoms with Crippen LogP contribution in [0.3, 0.4) is 0 Å². The van der Waals surface area contributed by atoms with Crippen LogP contribution in [0.4, 0.5) is 0 Å². The molecule has 1 saturated heterocycles. The summed E-state index contributed by atoms with van der Waals surface area (Å²) in [5, 5.41) is 0. The summed E-state index contributed by atoms with van der Waals surface area (Å²) in [4.78, 5) is 18.9. The van der Waals surface area contributed by atoms with Gasteiger partial charge >= 0.3 is 0 Å². The van der Waals surface area contributed by atoms with Crippen molar-refractivity contribution in [2.45, 2.75) is 71.8 Å². The lowest BCUT2D eigenvalue weighted by Gasteiger charge is -2.62. The van der Waals surface area contributed by atoms with E-state index in [4.69, 9.17) is 0 Å². The fourth-order valence-electron chi connectivity index (χ4n) is 8.00. The topological polar surface area (TPSA) is 33.2 Å². The number of piperidine rings is 1. The molecule has 3 aliphatic carbocycles. The summed E-state index contributed by atoms with van der Waals surface area (Å²) < 4.78 is 0. The van der Waals surface area contributed by atoms with Gasteiger partial charge in [0.2, 0.25) is 5.91 Å². The van der Waals surface area contributed by atoms with Crippen LogP contribution in [0.25, 0.3) is 5.57 Å². The number of aromatic nitrogens is 1. The quantitative estimate of drug-likeness (QED) is 0.662. The minimum Gasteiger partial charge on any atom is -0.339 e. The Hall–Kier alpha value is -1.64. The molecule has 4 aliphatic rings. The Morgan fingerprint density at radius 3 is 2.79 bits per heavy atom. The van der Waals surface area contributed by atoms with Crippen molar-refractivity contribution in [3.63, 3.8) is 0 Å². The van der Waals surface area contributed by atoms with Crippen molar-refractivity contribution in [3.8, 4) is 0 Å². The minimum atomic E-state index is 0.288. The van der Waals surface area contributed by atoms with Crippen molar-refractivity contribution in [1.29, 1.82) is 0 Å². The lowest BCUT2D eigenvalue weighted by molar-refractivity contribution is -0.151. The third-order valence-electron chi connectivity index (χ3n) is 9.27. The van der Waals surface area contributed by atoms with Gasteiger partial charge in [0, 0.05) is 31.9 Å². The molecule has 3 nitrogen and oxygen atoms in total. The predicted octanol–water partition coefficient (Wildman–Crippen LogP) is 5.33. The van der Waals surface area contributed by atoms with E-state index in [0.717, 1.165) is 24.3 Å². The molecule has 1 aliphatic heterocycles. The first-order chi connectivity index (χ1) is 13.4. The molecule has 2 heterocycles. The largest absolute Gasteiger partial charge is 0.339 e. The molecular formula is C25H34N2O. The van der Waals surface area contributed by atoms with Crippen molar-refractivity contribution in [2.75, 3.05) is 6.54 Å². The molecule has 5 rings (SSSR count). The van der Waals surface area contributed by atoms with E-state index in [1.54, 1.807) is 12.5 Å². The van der Waals surface area contributed by atoms with E-state index in [0.29, 0.717) is 16.9 Å². The first-order valence-corrected chi connectivity index (χ1v) is 11.3. The van der Waals surface area contributed by atoms with E-state index >= 15 is 0 Å². The highest BCUT2D eigenvalue weighted by molar-refractivity contribution is 5.74.